The molecule has 16 heavy (non-hydrogen) atoms. The largest absolute Gasteiger partial charge is 0.378 e. The van der Waals surface area contributed by atoms with Gasteiger partial charge in [-0.15, -0.1) is 0 Å². The van der Waals surface area contributed by atoms with Crippen LogP contribution >= 0.6 is 11.6 Å². The molecule has 1 aliphatic heterocycles. The number of aromatic nitrogens is 1. The monoisotopic (exact) mass is 241 g/mol. The lowest BCUT2D eigenvalue weighted by Crippen LogP contribution is -2.37. The summed E-state index contributed by atoms with van der Waals surface area (Å²) in [4.78, 5) is 17.2. The minimum absolute atomic E-state index is 0.256. The fraction of sp³-hybridized carbons (Fsp3) is 0.400. The number of carbonyl (C=O) groups is 1. The molecular weight excluding hydrogens is 230 g/mol. The number of rotatable bonds is 2. The van der Waals surface area contributed by atoms with E-state index in [0.717, 1.165) is 0 Å². The quantitative estimate of drug-likeness (QED) is 0.826. The molecule has 2 rings (SSSR count). The third kappa shape index (κ3) is 2.25. The fourth-order valence-corrected chi connectivity index (χ4v) is 1.82. The molecule has 1 amide bonds. The molecule has 1 aromatic heterocycles. The first-order valence-electron chi connectivity index (χ1n) is 4.96. The number of pyridine rings is 1. The molecule has 1 aliphatic rings. The summed E-state index contributed by atoms with van der Waals surface area (Å²) < 4.78 is 5.24. The summed E-state index contributed by atoms with van der Waals surface area (Å²) >= 11 is 5.87. The molecule has 1 aromatic rings. The summed E-state index contributed by atoms with van der Waals surface area (Å²) in [5.41, 5.74) is 6.21. The van der Waals surface area contributed by atoms with E-state index >= 15 is 0 Å². The number of primary amides is 1. The van der Waals surface area contributed by atoms with Crippen molar-refractivity contribution in [1.29, 1.82) is 0 Å². The van der Waals surface area contributed by atoms with Crippen LogP contribution < -0.4 is 10.6 Å². The Morgan fingerprint density at radius 2 is 2.19 bits per heavy atom. The van der Waals surface area contributed by atoms with Crippen molar-refractivity contribution in [3.05, 3.63) is 23.0 Å². The van der Waals surface area contributed by atoms with Gasteiger partial charge in [0.05, 0.1) is 23.9 Å². The van der Waals surface area contributed by atoms with E-state index in [2.05, 4.69) is 4.98 Å². The van der Waals surface area contributed by atoms with E-state index in [1.807, 2.05) is 4.90 Å². The highest BCUT2D eigenvalue weighted by atomic mass is 35.5. The number of ether oxygens (including phenoxy) is 1. The Bertz CT molecular complexity index is 405. The lowest BCUT2D eigenvalue weighted by atomic mass is 10.2. The van der Waals surface area contributed by atoms with Crippen LogP contribution in [-0.2, 0) is 4.74 Å². The highest BCUT2D eigenvalue weighted by Crippen LogP contribution is 2.23. The highest BCUT2D eigenvalue weighted by Gasteiger charge is 2.18. The van der Waals surface area contributed by atoms with Gasteiger partial charge >= 0.3 is 0 Å². The first kappa shape index (κ1) is 11.2. The zero-order valence-corrected chi connectivity index (χ0v) is 9.41. The average molecular weight is 242 g/mol. The Balaban J connectivity index is 2.36. The van der Waals surface area contributed by atoms with Gasteiger partial charge in [-0.3, -0.25) is 4.79 Å². The van der Waals surface area contributed by atoms with Gasteiger partial charge in [-0.1, -0.05) is 11.6 Å². The van der Waals surface area contributed by atoms with E-state index in [1.165, 1.54) is 6.20 Å². The van der Waals surface area contributed by atoms with E-state index in [4.69, 9.17) is 22.1 Å². The van der Waals surface area contributed by atoms with Crippen molar-refractivity contribution in [1.82, 2.24) is 4.98 Å². The second kappa shape index (κ2) is 4.67. The van der Waals surface area contributed by atoms with Crippen molar-refractivity contribution >= 4 is 23.2 Å². The zero-order valence-electron chi connectivity index (χ0n) is 8.65. The number of nitrogens with zero attached hydrogens (tertiary/aromatic N) is 2. The van der Waals surface area contributed by atoms with E-state index in [-0.39, 0.29) is 5.69 Å². The van der Waals surface area contributed by atoms with Gasteiger partial charge in [-0.2, -0.15) is 0 Å². The first-order valence-corrected chi connectivity index (χ1v) is 5.34. The summed E-state index contributed by atoms with van der Waals surface area (Å²) in [6.45, 7) is 2.68. The second-order valence-electron chi connectivity index (χ2n) is 3.48. The van der Waals surface area contributed by atoms with Crippen LogP contribution in [0, 0.1) is 0 Å². The number of morpholine rings is 1. The molecule has 0 aromatic carbocycles. The van der Waals surface area contributed by atoms with Gasteiger partial charge in [0.25, 0.3) is 5.91 Å². The van der Waals surface area contributed by atoms with E-state index < -0.39 is 5.91 Å². The molecule has 86 valence electrons. The smallest absolute Gasteiger partial charge is 0.269 e. The molecule has 0 bridgehead atoms. The molecule has 2 heterocycles. The van der Waals surface area contributed by atoms with Crippen LogP contribution in [0.25, 0.3) is 0 Å². The zero-order chi connectivity index (χ0) is 11.5. The molecule has 5 nitrogen and oxygen atoms in total. The minimum atomic E-state index is -0.543. The summed E-state index contributed by atoms with van der Waals surface area (Å²) in [5.74, 6) is -0.543. The van der Waals surface area contributed by atoms with Crippen LogP contribution in [0.5, 0.6) is 0 Å². The second-order valence-corrected chi connectivity index (χ2v) is 3.92. The Hall–Kier alpha value is -1.33. The third-order valence-corrected chi connectivity index (χ3v) is 2.63. The minimum Gasteiger partial charge on any atom is -0.378 e. The number of anilines is 1. The maximum Gasteiger partial charge on any atom is 0.269 e. The predicted octanol–water partition coefficient (Wildman–Crippen LogP) is 0.670. The maximum absolute atomic E-state index is 11.2. The van der Waals surface area contributed by atoms with Crippen LogP contribution in [0.1, 0.15) is 10.5 Å². The summed E-state index contributed by atoms with van der Waals surface area (Å²) in [7, 11) is 0. The van der Waals surface area contributed by atoms with Crippen LogP contribution in [-0.4, -0.2) is 37.2 Å². The van der Waals surface area contributed by atoms with E-state index in [9.17, 15) is 4.79 Å². The maximum atomic E-state index is 11.2. The third-order valence-electron chi connectivity index (χ3n) is 2.42. The predicted molar refractivity (Wildman–Crippen MR) is 60.8 cm³/mol. The van der Waals surface area contributed by atoms with Crippen LogP contribution in [0.3, 0.4) is 0 Å². The molecule has 0 atom stereocenters. The SMILES string of the molecule is NC(=O)c1ncc(Cl)cc1N1CCOCC1. The van der Waals surface area contributed by atoms with Crippen molar-refractivity contribution < 1.29 is 9.53 Å². The Labute approximate surface area is 98.1 Å². The molecule has 0 unspecified atom stereocenters. The number of halogens is 1. The van der Waals surface area contributed by atoms with Gasteiger partial charge in [-0.05, 0) is 6.07 Å². The molecule has 6 heteroatoms. The number of carbonyl (C=O) groups excluding carboxylic acids is 1. The molecule has 0 saturated carbocycles. The lowest BCUT2D eigenvalue weighted by molar-refractivity contribution is 0.0993. The van der Waals surface area contributed by atoms with Gasteiger partial charge in [0.1, 0.15) is 0 Å². The number of amides is 1. The summed E-state index contributed by atoms with van der Waals surface area (Å²) in [6.07, 6.45) is 1.42. The lowest BCUT2D eigenvalue weighted by Gasteiger charge is -2.29. The van der Waals surface area contributed by atoms with Crippen molar-refractivity contribution in [2.24, 2.45) is 5.73 Å². The normalized spacial score (nSPS) is 16.2. The van der Waals surface area contributed by atoms with Crippen molar-refractivity contribution in [3.8, 4) is 0 Å². The topological polar surface area (TPSA) is 68.5 Å². The summed E-state index contributed by atoms with van der Waals surface area (Å²) in [6, 6.07) is 1.71. The number of nitrogens with two attached hydrogens (primary N) is 1. The standard InChI is InChI=1S/C10H12ClN3O2/c11-7-5-8(9(10(12)15)13-6-7)14-1-3-16-4-2-14/h5-6H,1-4H2,(H2,12,15). The molecule has 0 aliphatic carbocycles. The van der Waals surface area contributed by atoms with Gasteiger partial charge in [0.2, 0.25) is 0 Å². The highest BCUT2D eigenvalue weighted by molar-refractivity contribution is 6.30. The molecule has 1 saturated heterocycles. The average Bonchev–Trinajstić information content (AvgIpc) is 2.29. The Kier molecular flexibility index (Phi) is 3.26. The molecule has 1 fully saturated rings. The molecule has 2 N–H and O–H groups in total. The Morgan fingerprint density at radius 3 is 2.81 bits per heavy atom. The Morgan fingerprint density at radius 1 is 1.50 bits per heavy atom. The van der Waals surface area contributed by atoms with Crippen LogP contribution in [0.15, 0.2) is 12.3 Å². The van der Waals surface area contributed by atoms with E-state index in [1.54, 1.807) is 6.07 Å². The van der Waals surface area contributed by atoms with Gasteiger partial charge in [0.15, 0.2) is 5.69 Å². The van der Waals surface area contributed by atoms with Gasteiger partial charge < -0.3 is 15.4 Å². The van der Waals surface area contributed by atoms with Gasteiger partial charge in [0, 0.05) is 19.3 Å². The first-order chi connectivity index (χ1) is 7.68. The number of hydrogen-bond donors (Lipinski definition) is 1. The van der Waals surface area contributed by atoms with Crippen LogP contribution in [0.2, 0.25) is 5.02 Å². The van der Waals surface area contributed by atoms with Crippen molar-refractivity contribution in [2.75, 3.05) is 31.2 Å². The molecule has 0 spiro atoms. The van der Waals surface area contributed by atoms with Crippen LogP contribution in [0.4, 0.5) is 5.69 Å². The number of hydrogen-bond acceptors (Lipinski definition) is 4. The fourth-order valence-electron chi connectivity index (χ4n) is 1.66. The van der Waals surface area contributed by atoms with Crippen molar-refractivity contribution in [3.63, 3.8) is 0 Å². The van der Waals surface area contributed by atoms with Crippen molar-refractivity contribution in [2.45, 2.75) is 0 Å². The molecule has 0 radical (unpaired) electrons. The molecular formula is C10H12ClN3O2. The van der Waals surface area contributed by atoms with Gasteiger partial charge in [-0.25, -0.2) is 4.98 Å². The van der Waals surface area contributed by atoms with E-state index in [0.29, 0.717) is 37.0 Å². The summed E-state index contributed by atoms with van der Waals surface area (Å²) in [5, 5.41) is 0.492.